The van der Waals surface area contributed by atoms with Crippen LogP contribution in [0.25, 0.3) is 11.4 Å². The number of rotatable bonds is 4. The molecule has 1 fully saturated rings. The highest BCUT2D eigenvalue weighted by molar-refractivity contribution is 9.10. The molecule has 0 bridgehead atoms. The molecule has 2 aromatic rings. The zero-order chi connectivity index (χ0) is 12.5. The third-order valence-corrected chi connectivity index (χ3v) is 3.17. The fourth-order valence-electron chi connectivity index (χ4n) is 1.65. The van der Waals surface area contributed by atoms with Crippen molar-refractivity contribution in [2.24, 2.45) is 0 Å². The van der Waals surface area contributed by atoms with Crippen LogP contribution in [-0.2, 0) is 6.54 Å². The fourth-order valence-corrected chi connectivity index (χ4v) is 2.11. The van der Waals surface area contributed by atoms with Gasteiger partial charge in [0.2, 0.25) is 11.7 Å². The molecule has 0 spiro atoms. The number of halogens is 2. The molecule has 3 rings (SSSR count). The Kier molecular flexibility index (Phi) is 3.13. The molecule has 1 aromatic heterocycles. The van der Waals surface area contributed by atoms with Gasteiger partial charge in [-0.05, 0) is 31.0 Å². The molecule has 1 heterocycles. The summed E-state index contributed by atoms with van der Waals surface area (Å²) in [7, 11) is 0. The van der Waals surface area contributed by atoms with E-state index < -0.39 is 0 Å². The van der Waals surface area contributed by atoms with Crippen LogP contribution in [-0.4, -0.2) is 16.2 Å². The van der Waals surface area contributed by atoms with Crippen molar-refractivity contribution in [1.82, 2.24) is 15.5 Å². The molecular formula is C12H11BrFN3O. The largest absolute Gasteiger partial charge is 0.338 e. The third-order valence-electron chi connectivity index (χ3n) is 2.71. The average Bonchev–Trinajstić information content (AvgIpc) is 3.02. The van der Waals surface area contributed by atoms with Crippen molar-refractivity contribution in [2.75, 3.05) is 0 Å². The van der Waals surface area contributed by atoms with Gasteiger partial charge in [-0.15, -0.1) is 0 Å². The molecule has 0 aliphatic heterocycles. The zero-order valence-electron chi connectivity index (χ0n) is 9.49. The maximum absolute atomic E-state index is 13.3. The lowest BCUT2D eigenvalue weighted by atomic mass is 10.2. The number of benzene rings is 1. The molecule has 94 valence electrons. The van der Waals surface area contributed by atoms with E-state index in [1.807, 2.05) is 0 Å². The highest BCUT2D eigenvalue weighted by Crippen LogP contribution is 2.23. The monoisotopic (exact) mass is 311 g/mol. The maximum atomic E-state index is 13.3. The molecule has 0 unspecified atom stereocenters. The molecule has 1 aliphatic carbocycles. The van der Waals surface area contributed by atoms with Gasteiger partial charge in [0.1, 0.15) is 5.82 Å². The second-order valence-corrected chi connectivity index (χ2v) is 5.24. The molecule has 1 aliphatic rings. The van der Waals surface area contributed by atoms with Gasteiger partial charge in [0.25, 0.3) is 0 Å². The lowest BCUT2D eigenvalue weighted by Crippen LogP contribution is -2.15. The van der Waals surface area contributed by atoms with Crippen LogP contribution in [0.15, 0.2) is 27.2 Å². The lowest BCUT2D eigenvalue weighted by molar-refractivity contribution is 0.367. The van der Waals surface area contributed by atoms with Crippen LogP contribution in [0.2, 0.25) is 0 Å². The van der Waals surface area contributed by atoms with Crippen LogP contribution in [0, 0.1) is 5.82 Å². The Morgan fingerprint density at radius 3 is 2.94 bits per heavy atom. The van der Waals surface area contributed by atoms with Crippen molar-refractivity contribution in [3.05, 3.63) is 34.4 Å². The van der Waals surface area contributed by atoms with E-state index in [1.54, 1.807) is 6.07 Å². The van der Waals surface area contributed by atoms with Gasteiger partial charge in [-0.3, -0.25) is 0 Å². The number of hydrogen-bond donors (Lipinski definition) is 1. The fraction of sp³-hybridized carbons (Fsp3) is 0.333. The van der Waals surface area contributed by atoms with E-state index in [4.69, 9.17) is 4.52 Å². The summed E-state index contributed by atoms with van der Waals surface area (Å²) in [4.78, 5) is 4.23. The lowest BCUT2D eigenvalue weighted by Gasteiger charge is -1.97. The van der Waals surface area contributed by atoms with Gasteiger partial charge in [0.15, 0.2) is 0 Å². The summed E-state index contributed by atoms with van der Waals surface area (Å²) in [5, 5.41) is 7.13. The molecule has 1 aromatic carbocycles. The summed E-state index contributed by atoms with van der Waals surface area (Å²) in [6, 6.07) is 5.11. The van der Waals surface area contributed by atoms with E-state index in [-0.39, 0.29) is 5.82 Å². The van der Waals surface area contributed by atoms with Crippen molar-refractivity contribution in [3.63, 3.8) is 0 Å². The van der Waals surface area contributed by atoms with Crippen LogP contribution < -0.4 is 5.32 Å². The van der Waals surface area contributed by atoms with Crippen LogP contribution in [0.4, 0.5) is 4.39 Å². The first-order valence-electron chi connectivity index (χ1n) is 5.73. The van der Waals surface area contributed by atoms with Crippen LogP contribution in [0.5, 0.6) is 0 Å². The quantitative estimate of drug-likeness (QED) is 0.943. The minimum Gasteiger partial charge on any atom is -0.338 e. The second kappa shape index (κ2) is 4.78. The molecule has 1 saturated carbocycles. The van der Waals surface area contributed by atoms with Crippen molar-refractivity contribution in [1.29, 1.82) is 0 Å². The van der Waals surface area contributed by atoms with E-state index in [9.17, 15) is 4.39 Å². The normalized spacial score (nSPS) is 15.0. The second-order valence-electron chi connectivity index (χ2n) is 4.33. The average molecular weight is 312 g/mol. The van der Waals surface area contributed by atoms with Gasteiger partial charge in [0.05, 0.1) is 6.54 Å². The third kappa shape index (κ3) is 2.76. The van der Waals surface area contributed by atoms with Crippen molar-refractivity contribution < 1.29 is 8.91 Å². The molecule has 0 saturated heterocycles. The summed E-state index contributed by atoms with van der Waals surface area (Å²) in [6.45, 7) is 0.564. The molecule has 6 heteroatoms. The Labute approximate surface area is 112 Å². The van der Waals surface area contributed by atoms with Gasteiger partial charge in [-0.2, -0.15) is 4.98 Å². The van der Waals surface area contributed by atoms with Crippen LogP contribution >= 0.6 is 15.9 Å². The summed E-state index contributed by atoms with van der Waals surface area (Å²) in [5.74, 6) is 0.599. The summed E-state index contributed by atoms with van der Waals surface area (Å²) in [5.41, 5.74) is 0.600. The number of aromatic nitrogens is 2. The molecule has 0 atom stereocenters. The standard InChI is InChI=1S/C12H11BrFN3O/c13-8-3-7(4-9(14)5-8)12-16-11(18-17-12)6-15-10-1-2-10/h3-5,10,15H,1-2,6H2. The Morgan fingerprint density at radius 2 is 2.22 bits per heavy atom. The predicted molar refractivity (Wildman–Crippen MR) is 67.3 cm³/mol. The topological polar surface area (TPSA) is 51.0 Å². The minimum absolute atomic E-state index is 0.332. The Morgan fingerprint density at radius 1 is 1.39 bits per heavy atom. The number of nitrogens with one attached hydrogen (secondary N) is 1. The number of hydrogen-bond acceptors (Lipinski definition) is 4. The Hall–Kier alpha value is -1.27. The molecule has 0 amide bonds. The SMILES string of the molecule is Fc1cc(Br)cc(-c2noc(CNC3CC3)n2)c1. The first-order valence-corrected chi connectivity index (χ1v) is 6.52. The molecule has 18 heavy (non-hydrogen) atoms. The highest BCUT2D eigenvalue weighted by Gasteiger charge is 2.21. The highest BCUT2D eigenvalue weighted by atomic mass is 79.9. The van der Waals surface area contributed by atoms with E-state index >= 15 is 0 Å². The van der Waals surface area contributed by atoms with E-state index in [2.05, 4.69) is 31.4 Å². The molecule has 4 nitrogen and oxygen atoms in total. The Bertz CT molecular complexity index is 548. The smallest absolute Gasteiger partial charge is 0.240 e. The first-order chi connectivity index (χ1) is 8.70. The summed E-state index contributed by atoms with van der Waals surface area (Å²) >= 11 is 3.24. The van der Waals surface area contributed by atoms with Crippen molar-refractivity contribution >= 4 is 15.9 Å². The minimum atomic E-state index is -0.332. The van der Waals surface area contributed by atoms with E-state index in [0.717, 1.165) is 0 Å². The van der Waals surface area contributed by atoms with Crippen LogP contribution in [0.3, 0.4) is 0 Å². The van der Waals surface area contributed by atoms with Gasteiger partial charge in [-0.25, -0.2) is 4.39 Å². The van der Waals surface area contributed by atoms with E-state index in [0.29, 0.717) is 34.3 Å². The van der Waals surface area contributed by atoms with Gasteiger partial charge in [-0.1, -0.05) is 21.1 Å². The summed E-state index contributed by atoms with van der Waals surface area (Å²) in [6.07, 6.45) is 2.41. The van der Waals surface area contributed by atoms with Gasteiger partial charge < -0.3 is 9.84 Å². The van der Waals surface area contributed by atoms with Crippen molar-refractivity contribution in [3.8, 4) is 11.4 Å². The zero-order valence-corrected chi connectivity index (χ0v) is 11.1. The Balaban J connectivity index is 1.78. The molecule has 1 N–H and O–H groups in total. The first kappa shape index (κ1) is 11.8. The van der Waals surface area contributed by atoms with Crippen LogP contribution in [0.1, 0.15) is 18.7 Å². The molecular weight excluding hydrogens is 301 g/mol. The van der Waals surface area contributed by atoms with Gasteiger partial charge in [0, 0.05) is 16.1 Å². The van der Waals surface area contributed by atoms with Crippen molar-refractivity contribution in [2.45, 2.75) is 25.4 Å². The van der Waals surface area contributed by atoms with E-state index in [1.165, 1.54) is 25.0 Å². The predicted octanol–water partition coefficient (Wildman–Crippen LogP) is 2.89. The number of nitrogens with zero attached hydrogens (tertiary/aromatic N) is 2. The molecule has 0 radical (unpaired) electrons. The summed E-state index contributed by atoms with van der Waals surface area (Å²) < 4.78 is 19.0. The van der Waals surface area contributed by atoms with Gasteiger partial charge >= 0.3 is 0 Å². The maximum Gasteiger partial charge on any atom is 0.240 e.